The van der Waals surface area contributed by atoms with Crippen LogP contribution in [0.3, 0.4) is 0 Å². The van der Waals surface area contributed by atoms with Crippen LogP contribution in [0.25, 0.3) is 0 Å². The summed E-state index contributed by atoms with van der Waals surface area (Å²) in [5.74, 6) is -0.278. The lowest BCUT2D eigenvalue weighted by molar-refractivity contribution is -0.119. The van der Waals surface area contributed by atoms with Gasteiger partial charge in [0.2, 0.25) is 11.8 Å². The summed E-state index contributed by atoms with van der Waals surface area (Å²) in [6, 6.07) is 9.71. The van der Waals surface area contributed by atoms with Gasteiger partial charge in [-0.25, -0.2) is 0 Å². The Kier molecular flexibility index (Phi) is 8.02. The lowest BCUT2D eigenvalue weighted by Crippen LogP contribution is -2.32. The number of hydrogen-bond acceptors (Lipinski definition) is 5. The van der Waals surface area contributed by atoms with Crippen molar-refractivity contribution in [2.75, 3.05) is 30.8 Å². The molecule has 0 aliphatic heterocycles. The Morgan fingerprint density at radius 1 is 1.17 bits per heavy atom. The van der Waals surface area contributed by atoms with Gasteiger partial charge in [-0.3, -0.25) is 14.5 Å². The largest absolute Gasteiger partial charge is 0.324 e. The number of likely N-dealkylation sites (N-methyl/N-ethyl adjacent to an activating group) is 1. The van der Waals surface area contributed by atoms with E-state index in [1.165, 1.54) is 22.6 Å². The molecule has 1 aliphatic rings. The predicted molar refractivity (Wildman–Crippen MR) is 124 cm³/mol. The third-order valence-corrected chi connectivity index (χ3v) is 6.97. The number of carbonyl (C=O) groups is 2. The predicted octanol–water partition coefficient (Wildman–Crippen LogP) is 4.55. The number of nitrogens with one attached hydrogen (secondary N) is 2. The average molecular weight is 489 g/mol. The number of aryl methyl sites for hydroxylation is 1. The quantitative estimate of drug-likeness (QED) is 0.559. The molecule has 158 valence electrons. The van der Waals surface area contributed by atoms with E-state index < -0.39 is 0 Å². The van der Waals surface area contributed by atoms with Crippen LogP contribution >= 0.6 is 27.3 Å². The van der Waals surface area contributed by atoms with Crippen LogP contribution in [0.15, 0.2) is 28.7 Å². The number of para-hydroxylation sites is 1. The van der Waals surface area contributed by atoms with Crippen LogP contribution < -0.4 is 10.6 Å². The number of nitrogens with zero attached hydrogens (tertiary/aromatic N) is 2. The second kappa shape index (κ2) is 10.7. The summed E-state index contributed by atoms with van der Waals surface area (Å²) in [6.07, 6.45) is 5.58. The molecule has 1 aliphatic carbocycles. The molecule has 2 aromatic rings. The summed E-state index contributed by atoms with van der Waals surface area (Å²) in [5, 5.41) is 16.0. The Morgan fingerprint density at radius 3 is 2.70 bits per heavy atom. The van der Waals surface area contributed by atoms with E-state index in [1.807, 2.05) is 24.3 Å². The highest BCUT2D eigenvalue weighted by atomic mass is 79.9. The van der Waals surface area contributed by atoms with Gasteiger partial charge in [0, 0.05) is 22.3 Å². The Bertz CT molecular complexity index is 967. The van der Waals surface area contributed by atoms with E-state index in [0.29, 0.717) is 17.1 Å². The second-order valence-corrected chi connectivity index (χ2v) is 9.40. The lowest BCUT2D eigenvalue weighted by atomic mass is 10.1. The summed E-state index contributed by atoms with van der Waals surface area (Å²) in [4.78, 5) is 27.7. The molecule has 0 saturated carbocycles. The van der Waals surface area contributed by atoms with Crippen LogP contribution in [0.5, 0.6) is 0 Å². The van der Waals surface area contributed by atoms with Crippen molar-refractivity contribution in [1.82, 2.24) is 4.90 Å². The fourth-order valence-corrected chi connectivity index (χ4v) is 5.15. The summed E-state index contributed by atoms with van der Waals surface area (Å²) >= 11 is 4.95. The molecule has 0 bridgehead atoms. The van der Waals surface area contributed by atoms with Crippen molar-refractivity contribution in [1.29, 1.82) is 5.26 Å². The minimum absolute atomic E-state index is 0.138. The Morgan fingerprint density at radius 2 is 1.93 bits per heavy atom. The maximum absolute atomic E-state index is 12.4. The zero-order valence-corrected chi connectivity index (χ0v) is 19.4. The first-order chi connectivity index (χ1) is 14.5. The maximum Gasteiger partial charge on any atom is 0.238 e. The van der Waals surface area contributed by atoms with Crippen molar-refractivity contribution in [2.24, 2.45) is 0 Å². The molecule has 1 heterocycles. The van der Waals surface area contributed by atoms with Crippen molar-refractivity contribution in [3.05, 3.63) is 44.7 Å². The number of rotatable bonds is 7. The minimum Gasteiger partial charge on any atom is -0.324 e. The molecular weight excluding hydrogens is 464 g/mol. The van der Waals surface area contributed by atoms with Gasteiger partial charge in [-0.05, 0) is 66.4 Å². The summed E-state index contributed by atoms with van der Waals surface area (Å²) in [6.45, 7) is 0.632. The van der Waals surface area contributed by atoms with Gasteiger partial charge >= 0.3 is 0 Å². The molecular formula is C22H25BrN4O2S. The third kappa shape index (κ3) is 5.91. The standard InChI is InChI=1S/C22H25BrN4O2S/c1-27(14-21(29)25-18-9-6-5-8-17(18)23)12-11-20(28)26-22-16(13-24)15-7-3-2-4-10-19(15)30-22/h5-6,8-9H,2-4,7,10-12,14H2,1H3,(H,25,29)(H,26,28). The maximum atomic E-state index is 12.4. The normalized spacial score (nSPS) is 13.3. The van der Waals surface area contributed by atoms with Crippen LogP contribution in [0.1, 0.15) is 41.7 Å². The summed E-state index contributed by atoms with van der Waals surface area (Å²) in [5.41, 5.74) is 2.47. The lowest BCUT2D eigenvalue weighted by Gasteiger charge is -2.16. The molecule has 0 saturated heterocycles. The highest BCUT2D eigenvalue weighted by molar-refractivity contribution is 9.10. The smallest absolute Gasteiger partial charge is 0.238 e. The van der Waals surface area contributed by atoms with Gasteiger partial charge in [0.05, 0.1) is 17.8 Å². The van der Waals surface area contributed by atoms with Crippen LogP contribution in [-0.2, 0) is 22.4 Å². The number of anilines is 2. The molecule has 0 fully saturated rings. The zero-order valence-electron chi connectivity index (χ0n) is 17.0. The number of halogens is 1. The van der Waals surface area contributed by atoms with Gasteiger partial charge < -0.3 is 10.6 Å². The molecule has 2 amide bonds. The number of hydrogen-bond donors (Lipinski definition) is 2. The first kappa shape index (κ1) is 22.5. The van der Waals surface area contributed by atoms with Crippen LogP contribution in [0, 0.1) is 11.3 Å². The average Bonchev–Trinajstić information content (AvgIpc) is 2.87. The minimum atomic E-state index is -0.140. The molecule has 0 atom stereocenters. The first-order valence-electron chi connectivity index (χ1n) is 10.1. The van der Waals surface area contributed by atoms with Gasteiger partial charge in [0.1, 0.15) is 11.1 Å². The van der Waals surface area contributed by atoms with E-state index in [0.717, 1.165) is 41.4 Å². The van der Waals surface area contributed by atoms with Crippen molar-refractivity contribution in [2.45, 2.75) is 38.5 Å². The van der Waals surface area contributed by atoms with Crippen LogP contribution in [0.2, 0.25) is 0 Å². The number of benzene rings is 1. The van der Waals surface area contributed by atoms with E-state index in [4.69, 9.17) is 0 Å². The van der Waals surface area contributed by atoms with Crippen molar-refractivity contribution in [3.63, 3.8) is 0 Å². The summed E-state index contributed by atoms with van der Waals surface area (Å²) < 4.78 is 0.822. The molecule has 30 heavy (non-hydrogen) atoms. The number of fused-ring (bicyclic) bond motifs is 1. The Balaban J connectivity index is 1.49. The first-order valence-corrected chi connectivity index (χ1v) is 11.7. The fraction of sp³-hybridized carbons (Fsp3) is 0.409. The van der Waals surface area contributed by atoms with Gasteiger partial charge in [-0.1, -0.05) is 18.6 Å². The molecule has 0 spiro atoms. The number of amides is 2. The van der Waals surface area contributed by atoms with Crippen molar-refractivity contribution >= 4 is 49.8 Å². The van der Waals surface area contributed by atoms with Crippen LogP contribution in [0.4, 0.5) is 10.7 Å². The molecule has 0 unspecified atom stereocenters. The fourth-order valence-electron chi connectivity index (χ4n) is 3.51. The van der Waals surface area contributed by atoms with Gasteiger partial charge in [0.15, 0.2) is 0 Å². The van der Waals surface area contributed by atoms with Gasteiger partial charge in [0.25, 0.3) is 0 Å². The number of thiophene rings is 1. The number of nitriles is 1. The topological polar surface area (TPSA) is 85.2 Å². The molecule has 1 aromatic carbocycles. The van der Waals surface area contributed by atoms with E-state index in [9.17, 15) is 14.9 Å². The van der Waals surface area contributed by atoms with Gasteiger partial charge in [-0.2, -0.15) is 5.26 Å². The second-order valence-electron chi connectivity index (χ2n) is 7.44. The summed E-state index contributed by atoms with van der Waals surface area (Å²) in [7, 11) is 1.81. The van der Waals surface area contributed by atoms with Gasteiger partial charge in [-0.15, -0.1) is 11.3 Å². The number of carbonyl (C=O) groups excluding carboxylic acids is 2. The zero-order chi connectivity index (χ0) is 21.5. The molecule has 2 N–H and O–H groups in total. The molecule has 6 nitrogen and oxygen atoms in total. The monoisotopic (exact) mass is 488 g/mol. The van der Waals surface area contributed by atoms with Crippen LogP contribution in [-0.4, -0.2) is 36.9 Å². The highest BCUT2D eigenvalue weighted by Crippen LogP contribution is 2.37. The van der Waals surface area contributed by atoms with E-state index >= 15 is 0 Å². The Hall–Kier alpha value is -2.21. The molecule has 3 rings (SSSR count). The van der Waals surface area contributed by atoms with E-state index in [1.54, 1.807) is 11.9 Å². The van der Waals surface area contributed by atoms with Crippen molar-refractivity contribution < 1.29 is 9.59 Å². The van der Waals surface area contributed by atoms with E-state index in [-0.39, 0.29) is 24.8 Å². The SMILES string of the molecule is CN(CCC(=O)Nc1sc2c(c1C#N)CCCCC2)CC(=O)Nc1ccccc1Br. The molecule has 0 radical (unpaired) electrons. The van der Waals surface area contributed by atoms with Crippen molar-refractivity contribution in [3.8, 4) is 6.07 Å². The third-order valence-electron chi connectivity index (χ3n) is 5.07. The molecule has 8 heteroatoms. The van der Waals surface area contributed by atoms with E-state index in [2.05, 4.69) is 32.6 Å². The Labute approximate surface area is 189 Å². The highest BCUT2D eigenvalue weighted by Gasteiger charge is 2.21. The molecule has 1 aromatic heterocycles.